The second kappa shape index (κ2) is 4.78. The summed E-state index contributed by atoms with van der Waals surface area (Å²) in [4.78, 5) is 24.8. The summed E-state index contributed by atoms with van der Waals surface area (Å²) < 4.78 is 13.6. The highest BCUT2D eigenvalue weighted by atomic mass is 79.9. The molecule has 1 unspecified atom stereocenters. The summed E-state index contributed by atoms with van der Waals surface area (Å²) in [5.74, 6) is -1.97. The Labute approximate surface area is 112 Å². The lowest BCUT2D eigenvalue weighted by molar-refractivity contribution is -0.114. The van der Waals surface area contributed by atoms with Gasteiger partial charge in [0, 0.05) is 11.0 Å². The molecule has 96 valence electrons. The molecule has 0 saturated heterocycles. The molecule has 18 heavy (non-hydrogen) atoms. The second-order valence-corrected chi connectivity index (χ2v) is 5.06. The predicted octanol–water partition coefficient (Wildman–Crippen LogP) is 1.89. The van der Waals surface area contributed by atoms with E-state index in [0.29, 0.717) is 16.6 Å². The van der Waals surface area contributed by atoms with Crippen molar-refractivity contribution in [1.29, 1.82) is 0 Å². The second-order valence-electron chi connectivity index (χ2n) is 4.21. The third kappa shape index (κ3) is 2.18. The summed E-state index contributed by atoms with van der Waals surface area (Å²) in [6.45, 7) is 1.82. The number of benzene rings is 1. The van der Waals surface area contributed by atoms with E-state index in [1.165, 1.54) is 11.0 Å². The molecule has 1 aliphatic rings. The molecule has 4 nitrogen and oxygen atoms in total. The zero-order valence-electron chi connectivity index (χ0n) is 9.61. The lowest BCUT2D eigenvalue weighted by Crippen LogP contribution is -2.32. The maximum atomic E-state index is 13.2. The molecule has 6 heteroatoms. The van der Waals surface area contributed by atoms with Gasteiger partial charge in [0.15, 0.2) is 0 Å². The molecule has 0 aromatic heterocycles. The fourth-order valence-electron chi connectivity index (χ4n) is 1.88. The van der Waals surface area contributed by atoms with Gasteiger partial charge in [-0.3, -0.25) is 9.59 Å². The van der Waals surface area contributed by atoms with Crippen LogP contribution in [0.3, 0.4) is 0 Å². The third-order valence-electron chi connectivity index (χ3n) is 2.75. The molecule has 0 aliphatic carbocycles. The Morgan fingerprint density at radius 2 is 2.11 bits per heavy atom. The smallest absolute Gasteiger partial charge is 0.299 e. The van der Waals surface area contributed by atoms with Crippen LogP contribution in [0.4, 0.5) is 10.1 Å². The molecule has 1 aliphatic heterocycles. The molecule has 0 saturated carbocycles. The van der Waals surface area contributed by atoms with Crippen molar-refractivity contribution in [3.8, 4) is 0 Å². The molecule has 0 radical (unpaired) electrons. The van der Waals surface area contributed by atoms with Gasteiger partial charge in [-0.05, 0) is 41.4 Å². The monoisotopic (exact) mass is 315 g/mol. The highest BCUT2D eigenvalue weighted by molar-refractivity contribution is 9.10. The summed E-state index contributed by atoms with van der Waals surface area (Å²) in [5.41, 5.74) is 0.449. The molecule has 0 fully saturated rings. The van der Waals surface area contributed by atoms with Crippen LogP contribution < -0.4 is 4.90 Å². The quantitative estimate of drug-likeness (QED) is 0.867. The lowest BCUT2D eigenvalue weighted by atomic mass is 10.1. The van der Waals surface area contributed by atoms with Crippen LogP contribution in [-0.2, 0) is 4.79 Å². The Hall–Kier alpha value is -1.27. The number of ketones is 1. The van der Waals surface area contributed by atoms with Gasteiger partial charge in [-0.1, -0.05) is 0 Å². The zero-order valence-corrected chi connectivity index (χ0v) is 11.2. The van der Waals surface area contributed by atoms with Gasteiger partial charge in [0.2, 0.25) is 0 Å². The van der Waals surface area contributed by atoms with Crippen LogP contribution in [0.15, 0.2) is 16.6 Å². The van der Waals surface area contributed by atoms with Crippen LogP contribution in [0.1, 0.15) is 23.7 Å². The van der Waals surface area contributed by atoms with E-state index in [1.54, 1.807) is 6.92 Å². The molecule has 1 aromatic carbocycles. The number of hydrogen-bond donors (Lipinski definition) is 1. The van der Waals surface area contributed by atoms with E-state index in [0.717, 1.165) is 6.07 Å². The minimum Gasteiger partial charge on any atom is -0.393 e. The molecule has 1 amide bonds. The SMILES string of the molecule is CC(O)CCN1C(=O)C(=O)c2cc(F)cc(Br)c21. The number of aliphatic hydroxyl groups is 1. The number of nitrogens with zero attached hydrogens (tertiary/aromatic N) is 1. The molecule has 1 heterocycles. The largest absolute Gasteiger partial charge is 0.393 e. The molecule has 0 bridgehead atoms. The fourth-order valence-corrected chi connectivity index (χ4v) is 2.53. The number of amides is 1. The van der Waals surface area contributed by atoms with Crippen LogP contribution in [0.25, 0.3) is 0 Å². The van der Waals surface area contributed by atoms with Gasteiger partial charge in [-0.2, -0.15) is 0 Å². The van der Waals surface area contributed by atoms with Crippen molar-refractivity contribution in [2.45, 2.75) is 19.4 Å². The summed E-state index contributed by atoms with van der Waals surface area (Å²) in [6, 6.07) is 2.27. The van der Waals surface area contributed by atoms with Crippen molar-refractivity contribution in [3.63, 3.8) is 0 Å². The molecule has 1 atom stereocenters. The van der Waals surface area contributed by atoms with E-state index < -0.39 is 23.6 Å². The summed E-state index contributed by atoms with van der Waals surface area (Å²) >= 11 is 3.15. The normalized spacial score (nSPS) is 16.1. The average Bonchev–Trinajstić information content (AvgIpc) is 2.51. The van der Waals surface area contributed by atoms with Gasteiger partial charge in [0.1, 0.15) is 5.82 Å². The number of anilines is 1. The van der Waals surface area contributed by atoms with Crippen molar-refractivity contribution in [3.05, 3.63) is 28.0 Å². The Kier molecular flexibility index (Phi) is 3.49. The maximum Gasteiger partial charge on any atom is 0.299 e. The number of carbonyl (C=O) groups is 2. The van der Waals surface area contributed by atoms with Crippen LogP contribution in [0, 0.1) is 5.82 Å². The maximum absolute atomic E-state index is 13.2. The Balaban J connectivity index is 2.42. The van der Waals surface area contributed by atoms with Gasteiger partial charge in [-0.15, -0.1) is 0 Å². The van der Waals surface area contributed by atoms with E-state index in [1.807, 2.05) is 0 Å². The molecular formula is C12H11BrFNO3. The number of Topliss-reactive ketones (excluding diaryl/α,β-unsaturated/α-hetero) is 1. The summed E-state index contributed by atoms with van der Waals surface area (Å²) in [5, 5.41) is 9.23. The number of carbonyl (C=O) groups excluding carboxylic acids is 2. The van der Waals surface area contributed by atoms with Gasteiger partial charge < -0.3 is 10.0 Å². The summed E-state index contributed by atoms with van der Waals surface area (Å²) in [7, 11) is 0. The van der Waals surface area contributed by atoms with E-state index in [9.17, 15) is 19.1 Å². The first kappa shape index (κ1) is 13.2. The standard InChI is InChI=1S/C12H11BrFNO3/c1-6(16)2-3-15-10-8(11(17)12(15)18)4-7(14)5-9(10)13/h4-6,16H,2-3H2,1H3. The van der Waals surface area contributed by atoms with Crippen molar-refractivity contribution >= 4 is 33.3 Å². The van der Waals surface area contributed by atoms with Crippen molar-refractivity contribution in [2.75, 3.05) is 11.4 Å². The number of hydrogen-bond acceptors (Lipinski definition) is 3. The Morgan fingerprint density at radius 3 is 2.72 bits per heavy atom. The summed E-state index contributed by atoms with van der Waals surface area (Å²) in [6.07, 6.45) is -0.224. The van der Waals surface area contributed by atoms with E-state index in [2.05, 4.69) is 15.9 Å². The Morgan fingerprint density at radius 1 is 1.44 bits per heavy atom. The van der Waals surface area contributed by atoms with Crippen LogP contribution >= 0.6 is 15.9 Å². The number of fused-ring (bicyclic) bond motifs is 1. The molecule has 2 rings (SSSR count). The van der Waals surface area contributed by atoms with E-state index in [-0.39, 0.29) is 12.1 Å². The van der Waals surface area contributed by atoms with Gasteiger partial charge >= 0.3 is 0 Å². The van der Waals surface area contributed by atoms with E-state index in [4.69, 9.17) is 0 Å². The number of rotatable bonds is 3. The first-order valence-electron chi connectivity index (χ1n) is 5.45. The highest BCUT2D eigenvalue weighted by Gasteiger charge is 2.37. The molecule has 1 N–H and O–H groups in total. The topological polar surface area (TPSA) is 57.6 Å². The van der Waals surface area contributed by atoms with Gasteiger partial charge in [-0.25, -0.2) is 4.39 Å². The molecule has 1 aromatic rings. The van der Waals surface area contributed by atoms with Crippen LogP contribution in [0.5, 0.6) is 0 Å². The Bertz CT molecular complexity index is 530. The van der Waals surface area contributed by atoms with Crippen molar-refractivity contribution in [2.24, 2.45) is 0 Å². The first-order valence-corrected chi connectivity index (χ1v) is 6.24. The number of halogens is 2. The van der Waals surface area contributed by atoms with Crippen LogP contribution in [-0.4, -0.2) is 29.4 Å². The fraction of sp³-hybridized carbons (Fsp3) is 0.333. The molecular weight excluding hydrogens is 305 g/mol. The van der Waals surface area contributed by atoms with E-state index >= 15 is 0 Å². The van der Waals surface area contributed by atoms with Gasteiger partial charge in [0.05, 0.1) is 17.4 Å². The average molecular weight is 316 g/mol. The zero-order chi connectivity index (χ0) is 13.4. The molecule has 0 spiro atoms. The van der Waals surface area contributed by atoms with Crippen molar-refractivity contribution in [1.82, 2.24) is 0 Å². The first-order chi connectivity index (χ1) is 8.41. The van der Waals surface area contributed by atoms with Crippen molar-refractivity contribution < 1.29 is 19.1 Å². The minimum atomic E-state index is -0.712. The van der Waals surface area contributed by atoms with Crippen LogP contribution in [0.2, 0.25) is 0 Å². The minimum absolute atomic E-state index is 0.0671. The third-order valence-corrected chi connectivity index (χ3v) is 3.36. The predicted molar refractivity (Wildman–Crippen MR) is 67.1 cm³/mol. The lowest BCUT2D eigenvalue weighted by Gasteiger charge is -2.18. The highest BCUT2D eigenvalue weighted by Crippen LogP contribution is 2.36. The van der Waals surface area contributed by atoms with Gasteiger partial charge in [0.25, 0.3) is 11.7 Å². The number of aliphatic hydroxyl groups excluding tert-OH is 1.